The molecule has 0 radical (unpaired) electrons. The molecule has 2 aliphatic rings. The van der Waals surface area contributed by atoms with Crippen LogP contribution < -0.4 is 4.90 Å². The first-order valence-electron chi connectivity index (χ1n) is 7.73. The minimum Gasteiger partial charge on any atom is -0.268 e. The standard InChI is InChI=1S/C18H9F4N3O2/c19-13-6-14-11(5-12(13)18(20,21)22)16(26)25(17(27)24-14)15-8-23-7-9-3-1-2-4-10(9)15/h1-8,12H. The van der Waals surface area contributed by atoms with Gasteiger partial charge in [-0.3, -0.25) is 9.78 Å². The number of imide groups is 1. The van der Waals surface area contributed by atoms with E-state index in [4.69, 9.17) is 0 Å². The summed E-state index contributed by atoms with van der Waals surface area (Å²) in [6.45, 7) is 0. The van der Waals surface area contributed by atoms with Gasteiger partial charge in [0.15, 0.2) is 0 Å². The molecule has 0 fully saturated rings. The Hall–Kier alpha value is -3.36. The van der Waals surface area contributed by atoms with Gasteiger partial charge in [0.2, 0.25) is 0 Å². The minimum atomic E-state index is -4.91. The zero-order valence-electron chi connectivity index (χ0n) is 13.4. The number of benzene rings is 1. The number of urea groups is 1. The number of hydrogen-bond acceptors (Lipinski definition) is 3. The summed E-state index contributed by atoms with van der Waals surface area (Å²) >= 11 is 0. The molecule has 0 saturated carbocycles. The highest BCUT2D eigenvalue weighted by atomic mass is 19.4. The van der Waals surface area contributed by atoms with Crippen molar-refractivity contribution in [2.75, 3.05) is 4.90 Å². The van der Waals surface area contributed by atoms with Gasteiger partial charge in [0.05, 0.1) is 23.2 Å². The fourth-order valence-electron chi connectivity index (χ4n) is 3.01. The number of aliphatic imine (C=N–C) groups is 1. The Morgan fingerprint density at radius 2 is 1.81 bits per heavy atom. The van der Waals surface area contributed by atoms with Crippen molar-refractivity contribution in [2.45, 2.75) is 6.18 Å². The Balaban J connectivity index is 1.87. The van der Waals surface area contributed by atoms with Crippen LogP contribution in [0.1, 0.15) is 0 Å². The number of carbonyl (C=O) groups is 2. The van der Waals surface area contributed by atoms with Crippen LogP contribution in [-0.4, -0.2) is 28.8 Å². The first-order chi connectivity index (χ1) is 12.8. The molecule has 4 rings (SSSR count). The quantitative estimate of drug-likeness (QED) is 0.705. The molecule has 1 aromatic carbocycles. The number of halogens is 4. The molecule has 0 saturated heterocycles. The Kier molecular flexibility index (Phi) is 3.69. The molecule has 2 heterocycles. The Labute approximate surface area is 149 Å². The SMILES string of the molecule is O=C1N=C2C=C(F)C(C(F)(F)F)C=C2C(=O)N1c1cncc2ccccc12. The van der Waals surface area contributed by atoms with E-state index in [9.17, 15) is 27.2 Å². The number of anilines is 1. The summed E-state index contributed by atoms with van der Waals surface area (Å²) in [5.41, 5.74) is -0.816. The molecule has 0 spiro atoms. The van der Waals surface area contributed by atoms with E-state index < -0.39 is 41.1 Å². The molecule has 136 valence electrons. The number of allylic oxidation sites excluding steroid dienone is 3. The Morgan fingerprint density at radius 3 is 2.56 bits per heavy atom. The summed E-state index contributed by atoms with van der Waals surface area (Å²) in [7, 11) is 0. The zero-order chi connectivity index (χ0) is 19.3. The zero-order valence-corrected chi connectivity index (χ0v) is 13.4. The highest BCUT2D eigenvalue weighted by molar-refractivity contribution is 6.41. The molecule has 0 bridgehead atoms. The van der Waals surface area contributed by atoms with Crippen LogP contribution in [0, 0.1) is 5.92 Å². The number of aromatic nitrogens is 1. The smallest absolute Gasteiger partial charge is 0.268 e. The van der Waals surface area contributed by atoms with Gasteiger partial charge in [-0.15, -0.1) is 0 Å². The molecular formula is C18H9F4N3O2. The second-order valence-corrected chi connectivity index (χ2v) is 5.93. The topological polar surface area (TPSA) is 62.6 Å². The van der Waals surface area contributed by atoms with E-state index in [0.29, 0.717) is 27.8 Å². The van der Waals surface area contributed by atoms with Gasteiger partial charge < -0.3 is 0 Å². The van der Waals surface area contributed by atoms with Crippen molar-refractivity contribution in [2.24, 2.45) is 10.9 Å². The van der Waals surface area contributed by atoms with E-state index in [1.807, 2.05) is 0 Å². The van der Waals surface area contributed by atoms with Gasteiger partial charge in [0.1, 0.15) is 11.7 Å². The highest BCUT2D eigenvalue weighted by Crippen LogP contribution is 2.39. The predicted octanol–water partition coefficient (Wildman–Crippen LogP) is 4.11. The van der Waals surface area contributed by atoms with Crippen LogP contribution in [0.4, 0.5) is 28.0 Å². The van der Waals surface area contributed by atoms with E-state index in [1.165, 1.54) is 12.4 Å². The number of alkyl halides is 3. The summed E-state index contributed by atoms with van der Waals surface area (Å²) < 4.78 is 52.8. The molecule has 1 aliphatic carbocycles. The van der Waals surface area contributed by atoms with Crippen molar-refractivity contribution in [1.29, 1.82) is 0 Å². The van der Waals surface area contributed by atoms with Crippen LogP contribution in [0.2, 0.25) is 0 Å². The summed E-state index contributed by atoms with van der Waals surface area (Å²) in [6, 6.07) is 5.72. The van der Waals surface area contributed by atoms with Crippen LogP contribution in [0.3, 0.4) is 0 Å². The van der Waals surface area contributed by atoms with Crippen LogP contribution >= 0.6 is 0 Å². The normalized spacial score (nSPS) is 20.2. The molecule has 5 nitrogen and oxygen atoms in total. The Morgan fingerprint density at radius 1 is 1.07 bits per heavy atom. The number of rotatable bonds is 1. The van der Waals surface area contributed by atoms with Crippen molar-refractivity contribution in [3.05, 3.63) is 60.2 Å². The molecule has 1 unspecified atom stereocenters. The van der Waals surface area contributed by atoms with Gasteiger partial charge in [-0.1, -0.05) is 30.3 Å². The number of pyridine rings is 1. The van der Waals surface area contributed by atoms with E-state index in [-0.39, 0.29) is 5.69 Å². The summed E-state index contributed by atoms with van der Waals surface area (Å²) in [6.07, 6.45) is -1.22. The fraction of sp³-hybridized carbons (Fsp3) is 0.111. The number of amides is 3. The van der Waals surface area contributed by atoms with Crippen LogP contribution in [0.5, 0.6) is 0 Å². The highest BCUT2D eigenvalue weighted by Gasteiger charge is 2.46. The molecule has 1 atom stereocenters. The number of carbonyl (C=O) groups excluding carboxylic acids is 2. The molecular weight excluding hydrogens is 366 g/mol. The minimum absolute atomic E-state index is 0.0883. The predicted molar refractivity (Wildman–Crippen MR) is 88.9 cm³/mol. The van der Waals surface area contributed by atoms with Crippen molar-refractivity contribution in [3.8, 4) is 0 Å². The Bertz CT molecular complexity index is 1080. The van der Waals surface area contributed by atoms with Gasteiger partial charge in [-0.25, -0.2) is 14.1 Å². The third kappa shape index (κ3) is 2.71. The van der Waals surface area contributed by atoms with Crippen molar-refractivity contribution in [1.82, 2.24) is 4.98 Å². The number of fused-ring (bicyclic) bond motifs is 2. The molecule has 27 heavy (non-hydrogen) atoms. The van der Waals surface area contributed by atoms with Gasteiger partial charge >= 0.3 is 12.2 Å². The van der Waals surface area contributed by atoms with Crippen LogP contribution in [-0.2, 0) is 4.79 Å². The third-order valence-electron chi connectivity index (χ3n) is 4.26. The van der Waals surface area contributed by atoms with Gasteiger partial charge in [0, 0.05) is 17.0 Å². The van der Waals surface area contributed by atoms with Gasteiger partial charge in [-0.2, -0.15) is 18.2 Å². The molecule has 3 amide bonds. The number of nitrogens with zero attached hydrogens (tertiary/aromatic N) is 3. The fourth-order valence-corrected chi connectivity index (χ4v) is 3.01. The average molecular weight is 375 g/mol. The van der Waals surface area contributed by atoms with E-state index in [2.05, 4.69) is 9.98 Å². The van der Waals surface area contributed by atoms with E-state index >= 15 is 0 Å². The van der Waals surface area contributed by atoms with Crippen LogP contribution in [0.25, 0.3) is 10.8 Å². The molecule has 9 heteroatoms. The van der Waals surface area contributed by atoms with Crippen LogP contribution in [0.15, 0.2) is 65.2 Å². The lowest BCUT2D eigenvalue weighted by Crippen LogP contribution is -2.43. The van der Waals surface area contributed by atoms with Crippen molar-refractivity contribution >= 4 is 34.1 Å². The second-order valence-electron chi connectivity index (χ2n) is 5.93. The van der Waals surface area contributed by atoms with Gasteiger partial charge in [-0.05, 0) is 6.08 Å². The lowest BCUT2D eigenvalue weighted by molar-refractivity contribution is -0.155. The lowest BCUT2D eigenvalue weighted by Gasteiger charge is -2.28. The maximum absolute atomic E-state index is 13.8. The molecule has 2 aromatic rings. The average Bonchev–Trinajstić information content (AvgIpc) is 2.60. The maximum atomic E-state index is 13.8. The summed E-state index contributed by atoms with van der Waals surface area (Å²) in [5, 5.41) is 1.13. The first kappa shape index (κ1) is 17.1. The molecule has 0 N–H and O–H groups in total. The largest absolute Gasteiger partial charge is 0.401 e. The lowest BCUT2D eigenvalue weighted by atomic mass is 9.92. The summed E-state index contributed by atoms with van der Waals surface area (Å²) in [4.78, 5) is 33.4. The second kappa shape index (κ2) is 5.83. The monoisotopic (exact) mass is 375 g/mol. The van der Waals surface area contributed by atoms with Crippen molar-refractivity contribution < 1.29 is 27.2 Å². The number of hydrogen-bond donors (Lipinski definition) is 0. The molecule has 1 aliphatic heterocycles. The molecule has 1 aromatic heterocycles. The maximum Gasteiger partial charge on any atom is 0.401 e. The summed E-state index contributed by atoms with van der Waals surface area (Å²) in [5.74, 6) is -5.09. The van der Waals surface area contributed by atoms with E-state index in [1.54, 1.807) is 24.3 Å². The van der Waals surface area contributed by atoms with Gasteiger partial charge in [0.25, 0.3) is 5.91 Å². The first-order valence-corrected chi connectivity index (χ1v) is 7.73. The third-order valence-corrected chi connectivity index (χ3v) is 4.26. The van der Waals surface area contributed by atoms with E-state index in [0.717, 1.165) is 0 Å². The van der Waals surface area contributed by atoms with Crippen molar-refractivity contribution in [3.63, 3.8) is 0 Å².